The summed E-state index contributed by atoms with van der Waals surface area (Å²) in [6.07, 6.45) is 2.21. The third kappa shape index (κ3) is 1.67. The standard InChI is InChI=1S/C8H12O3/c1-7(3-4-9)8(2)10-5-6-11-8/h3-4H,5-6H2,1-2H3/b7-3+. The molecule has 62 valence electrons. The Bertz CT molecular complexity index is 178. The van der Waals surface area contributed by atoms with Crippen molar-refractivity contribution in [2.75, 3.05) is 13.2 Å². The van der Waals surface area contributed by atoms with Crippen molar-refractivity contribution in [2.24, 2.45) is 0 Å². The molecule has 0 aliphatic carbocycles. The molecule has 11 heavy (non-hydrogen) atoms. The van der Waals surface area contributed by atoms with Gasteiger partial charge in [-0.15, -0.1) is 0 Å². The SMILES string of the molecule is C/C(=C\C=O)C1(C)OCCO1. The maximum atomic E-state index is 10.1. The highest BCUT2D eigenvalue weighted by molar-refractivity contribution is 5.66. The van der Waals surface area contributed by atoms with Gasteiger partial charge in [-0.3, -0.25) is 4.79 Å². The fraction of sp³-hybridized carbons (Fsp3) is 0.625. The van der Waals surface area contributed by atoms with Crippen LogP contribution in [0.15, 0.2) is 11.6 Å². The van der Waals surface area contributed by atoms with Gasteiger partial charge in [0.05, 0.1) is 13.2 Å². The van der Waals surface area contributed by atoms with Crippen LogP contribution in [0.3, 0.4) is 0 Å². The minimum atomic E-state index is -0.666. The van der Waals surface area contributed by atoms with E-state index in [9.17, 15) is 4.79 Å². The van der Waals surface area contributed by atoms with Gasteiger partial charge in [-0.25, -0.2) is 0 Å². The van der Waals surface area contributed by atoms with Crippen LogP contribution in [0, 0.1) is 0 Å². The molecule has 0 saturated carbocycles. The van der Waals surface area contributed by atoms with Gasteiger partial charge in [0.2, 0.25) is 0 Å². The topological polar surface area (TPSA) is 35.5 Å². The lowest BCUT2D eigenvalue weighted by Gasteiger charge is -2.22. The molecule has 3 nitrogen and oxygen atoms in total. The molecule has 1 heterocycles. The Morgan fingerprint density at radius 1 is 1.45 bits per heavy atom. The number of allylic oxidation sites excluding steroid dienone is 1. The van der Waals surface area contributed by atoms with E-state index in [2.05, 4.69) is 0 Å². The number of carbonyl (C=O) groups is 1. The van der Waals surface area contributed by atoms with E-state index in [1.54, 1.807) is 0 Å². The number of aldehydes is 1. The largest absolute Gasteiger partial charge is 0.344 e. The molecule has 0 amide bonds. The van der Waals surface area contributed by atoms with E-state index in [-0.39, 0.29) is 0 Å². The second-order valence-corrected chi connectivity index (χ2v) is 2.63. The summed E-state index contributed by atoms with van der Waals surface area (Å²) < 4.78 is 10.6. The van der Waals surface area contributed by atoms with Crippen molar-refractivity contribution in [1.29, 1.82) is 0 Å². The van der Waals surface area contributed by atoms with E-state index in [4.69, 9.17) is 9.47 Å². The third-order valence-corrected chi connectivity index (χ3v) is 1.87. The van der Waals surface area contributed by atoms with E-state index < -0.39 is 5.79 Å². The number of rotatable bonds is 2. The van der Waals surface area contributed by atoms with Gasteiger partial charge in [0, 0.05) is 0 Å². The molecule has 3 heteroatoms. The van der Waals surface area contributed by atoms with Gasteiger partial charge in [-0.05, 0) is 25.5 Å². The van der Waals surface area contributed by atoms with Crippen LogP contribution in [-0.4, -0.2) is 25.3 Å². The average molecular weight is 156 g/mol. The van der Waals surface area contributed by atoms with Crippen molar-refractivity contribution in [3.63, 3.8) is 0 Å². The molecule has 0 unspecified atom stereocenters. The molecule has 0 aromatic rings. The van der Waals surface area contributed by atoms with Crippen molar-refractivity contribution in [3.05, 3.63) is 11.6 Å². The molecule has 1 fully saturated rings. The Morgan fingerprint density at radius 2 is 2.00 bits per heavy atom. The minimum Gasteiger partial charge on any atom is -0.344 e. The first kappa shape index (κ1) is 8.43. The Balaban J connectivity index is 2.70. The molecule has 1 saturated heterocycles. The van der Waals surface area contributed by atoms with E-state index in [0.717, 1.165) is 11.9 Å². The molecular weight excluding hydrogens is 144 g/mol. The summed E-state index contributed by atoms with van der Waals surface area (Å²) in [4.78, 5) is 10.1. The van der Waals surface area contributed by atoms with Crippen molar-refractivity contribution < 1.29 is 14.3 Å². The van der Waals surface area contributed by atoms with Gasteiger partial charge in [0.1, 0.15) is 6.29 Å². The van der Waals surface area contributed by atoms with Crippen LogP contribution in [0.5, 0.6) is 0 Å². The van der Waals surface area contributed by atoms with Crippen LogP contribution in [0.2, 0.25) is 0 Å². The second kappa shape index (κ2) is 3.15. The highest BCUT2D eigenvalue weighted by atomic mass is 16.7. The maximum absolute atomic E-state index is 10.1. The van der Waals surface area contributed by atoms with E-state index in [0.29, 0.717) is 13.2 Å². The molecule has 1 aliphatic heterocycles. The molecule has 0 radical (unpaired) electrons. The number of carbonyl (C=O) groups excluding carboxylic acids is 1. The molecule has 0 spiro atoms. The zero-order valence-electron chi connectivity index (χ0n) is 6.79. The number of hydrogen-bond donors (Lipinski definition) is 0. The summed E-state index contributed by atoms with van der Waals surface area (Å²) in [5.41, 5.74) is 0.810. The van der Waals surface area contributed by atoms with Gasteiger partial charge < -0.3 is 9.47 Å². The van der Waals surface area contributed by atoms with Gasteiger partial charge in [0.15, 0.2) is 5.79 Å². The molecule has 0 aromatic heterocycles. The summed E-state index contributed by atoms with van der Waals surface area (Å²) in [5, 5.41) is 0. The first-order valence-corrected chi connectivity index (χ1v) is 3.59. The fourth-order valence-corrected chi connectivity index (χ4v) is 0.996. The fourth-order valence-electron chi connectivity index (χ4n) is 0.996. The summed E-state index contributed by atoms with van der Waals surface area (Å²) >= 11 is 0. The summed E-state index contributed by atoms with van der Waals surface area (Å²) in [6.45, 7) is 4.83. The molecule has 0 atom stereocenters. The first-order valence-electron chi connectivity index (χ1n) is 3.59. The van der Waals surface area contributed by atoms with E-state index in [1.165, 1.54) is 6.08 Å². The molecule has 0 bridgehead atoms. The Hall–Kier alpha value is -0.670. The predicted octanol–water partition coefficient (Wildman–Crippen LogP) is 0.895. The van der Waals surface area contributed by atoms with Gasteiger partial charge in [-0.1, -0.05) is 0 Å². The Morgan fingerprint density at radius 3 is 2.45 bits per heavy atom. The quantitative estimate of drug-likeness (QED) is 0.440. The van der Waals surface area contributed by atoms with Crippen LogP contribution < -0.4 is 0 Å². The Labute approximate surface area is 66.0 Å². The highest BCUT2D eigenvalue weighted by Crippen LogP contribution is 2.26. The third-order valence-electron chi connectivity index (χ3n) is 1.87. The Kier molecular flexibility index (Phi) is 2.42. The predicted molar refractivity (Wildman–Crippen MR) is 40.1 cm³/mol. The normalized spacial score (nSPS) is 23.6. The smallest absolute Gasteiger partial charge is 0.188 e. The monoisotopic (exact) mass is 156 g/mol. The highest BCUT2D eigenvalue weighted by Gasteiger charge is 2.32. The minimum absolute atomic E-state index is 0.598. The zero-order chi connectivity index (χ0) is 8.32. The van der Waals surface area contributed by atoms with Crippen molar-refractivity contribution in [2.45, 2.75) is 19.6 Å². The lowest BCUT2D eigenvalue weighted by molar-refractivity contribution is -0.112. The molecule has 0 aromatic carbocycles. The van der Waals surface area contributed by atoms with E-state index >= 15 is 0 Å². The van der Waals surface area contributed by atoms with Crippen LogP contribution in [0.1, 0.15) is 13.8 Å². The number of ether oxygens (including phenoxy) is 2. The summed E-state index contributed by atoms with van der Waals surface area (Å²) in [6, 6.07) is 0. The van der Waals surface area contributed by atoms with E-state index in [1.807, 2.05) is 13.8 Å². The first-order chi connectivity index (χ1) is 5.19. The van der Waals surface area contributed by atoms with Crippen LogP contribution in [0.25, 0.3) is 0 Å². The van der Waals surface area contributed by atoms with Gasteiger partial charge >= 0.3 is 0 Å². The van der Waals surface area contributed by atoms with Crippen molar-refractivity contribution in [1.82, 2.24) is 0 Å². The molecule has 1 rings (SSSR count). The van der Waals surface area contributed by atoms with Crippen LogP contribution in [-0.2, 0) is 14.3 Å². The van der Waals surface area contributed by atoms with Crippen molar-refractivity contribution >= 4 is 6.29 Å². The second-order valence-electron chi connectivity index (χ2n) is 2.63. The lowest BCUT2D eigenvalue weighted by Crippen LogP contribution is -2.26. The van der Waals surface area contributed by atoms with Gasteiger partial charge in [0.25, 0.3) is 0 Å². The number of hydrogen-bond acceptors (Lipinski definition) is 3. The summed E-state index contributed by atoms with van der Waals surface area (Å²) in [5.74, 6) is -0.666. The van der Waals surface area contributed by atoms with Crippen LogP contribution >= 0.6 is 0 Å². The van der Waals surface area contributed by atoms with Crippen molar-refractivity contribution in [3.8, 4) is 0 Å². The summed E-state index contributed by atoms with van der Waals surface area (Å²) in [7, 11) is 0. The maximum Gasteiger partial charge on any atom is 0.188 e. The lowest BCUT2D eigenvalue weighted by atomic mass is 10.1. The van der Waals surface area contributed by atoms with Gasteiger partial charge in [-0.2, -0.15) is 0 Å². The molecule has 1 aliphatic rings. The average Bonchev–Trinajstić information content (AvgIpc) is 2.38. The zero-order valence-corrected chi connectivity index (χ0v) is 6.79. The molecular formula is C8H12O3. The molecule has 0 N–H and O–H groups in total. The van der Waals surface area contributed by atoms with Crippen LogP contribution in [0.4, 0.5) is 0 Å².